The lowest BCUT2D eigenvalue weighted by atomic mass is 10.2. The van der Waals surface area contributed by atoms with Crippen molar-refractivity contribution in [2.45, 2.75) is 13.1 Å². The van der Waals surface area contributed by atoms with Crippen LogP contribution in [0, 0.1) is 0 Å². The summed E-state index contributed by atoms with van der Waals surface area (Å²) in [5.41, 5.74) is 1.88. The molecule has 0 atom stereocenters. The fourth-order valence-electron chi connectivity index (χ4n) is 3.54. The molecule has 0 spiro atoms. The Labute approximate surface area is 210 Å². The van der Waals surface area contributed by atoms with Gasteiger partial charge in [0, 0.05) is 19.3 Å². The third-order valence-electron chi connectivity index (χ3n) is 4.89. The average molecular weight is 512 g/mol. The second-order valence-electron chi connectivity index (χ2n) is 8.01. The highest BCUT2D eigenvalue weighted by molar-refractivity contribution is 5.73. The van der Waals surface area contributed by atoms with Crippen LogP contribution in [0.2, 0.25) is 0 Å². The number of aliphatic carboxylic acids is 4. The highest BCUT2D eigenvalue weighted by atomic mass is 16.4. The minimum Gasteiger partial charge on any atom is -0.480 e. The summed E-state index contributed by atoms with van der Waals surface area (Å²) in [4.78, 5) is 55.6. The van der Waals surface area contributed by atoms with Gasteiger partial charge in [-0.05, 0) is 30.3 Å². The first kappa shape index (κ1) is 26.9. The molecule has 0 unspecified atom stereocenters. The summed E-state index contributed by atoms with van der Waals surface area (Å²) in [7, 11) is 0. The van der Waals surface area contributed by atoms with Crippen molar-refractivity contribution < 1.29 is 39.6 Å². The zero-order valence-corrected chi connectivity index (χ0v) is 19.5. The van der Waals surface area contributed by atoms with Crippen LogP contribution in [0.4, 0.5) is 0 Å². The number of hydrogen-bond acceptors (Lipinski definition) is 9. The Bertz CT molecular complexity index is 1170. The quantitative estimate of drug-likeness (QED) is 0.230. The Hall–Kier alpha value is -4.69. The number of pyridine rings is 2. The topological polar surface area (TPSA) is 199 Å². The van der Waals surface area contributed by atoms with Gasteiger partial charge in [-0.25, -0.2) is 14.6 Å². The number of carboxylic acids is 4. The van der Waals surface area contributed by atoms with Crippen LogP contribution < -0.4 is 0 Å². The predicted octanol–water partition coefficient (Wildman–Crippen LogP) is 0.272. The van der Waals surface area contributed by atoms with Crippen LogP contribution in [0.5, 0.6) is 0 Å². The number of nitrogens with zero attached hydrogens (tertiary/aromatic N) is 6. The summed E-state index contributed by atoms with van der Waals surface area (Å²) >= 11 is 0. The van der Waals surface area contributed by atoms with E-state index in [1.165, 1.54) is 14.5 Å². The first-order valence-electron chi connectivity index (χ1n) is 10.9. The maximum atomic E-state index is 11.1. The molecule has 0 saturated carbocycles. The van der Waals surface area contributed by atoms with Gasteiger partial charge in [-0.15, -0.1) is 0 Å². The van der Waals surface area contributed by atoms with E-state index in [-0.39, 0.29) is 13.1 Å². The van der Waals surface area contributed by atoms with Crippen molar-refractivity contribution in [1.29, 1.82) is 0 Å². The summed E-state index contributed by atoms with van der Waals surface area (Å²) in [5.74, 6) is -4.20. The van der Waals surface area contributed by atoms with E-state index in [2.05, 4.69) is 15.1 Å². The molecule has 3 aromatic heterocycles. The van der Waals surface area contributed by atoms with Gasteiger partial charge >= 0.3 is 23.9 Å². The molecule has 0 aliphatic rings. The standard InChI is InChI=1S/C23H24N6O8/c30-20(31)11-27(12-21(32)33)9-15-3-1-5-17(24-15)18-7-8-29(26-18)19-6-2-4-16(25-19)10-28(13-22(34)35)14-23(36)37/h1-8H,9-14H2,(H,30,31)(H,32,33)(H,34,35)(H,36,37). The number of carboxylic acid groups (broad SMARTS) is 4. The second-order valence-corrected chi connectivity index (χ2v) is 8.01. The molecule has 194 valence electrons. The molecule has 3 rings (SSSR count). The zero-order valence-electron chi connectivity index (χ0n) is 19.5. The van der Waals surface area contributed by atoms with Crippen molar-refractivity contribution in [3.05, 3.63) is 60.0 Å². The maximum absolute atomic E-state index is 11.1. The van der Waals surface area contributed by atoms with Crippen molar-refractivity contribution in [3.8, 4) is 17.2 Å². The molecule has 0 aromatic carbocycles. The maximum Gasteiger partial charge on any atom is 0.317 e. The minimum absolute atomic E-state index is 0.00729. The van der Waals surface area contributed by atoms with Gasteiger partial charge < -0.3 is 20.4 Å². The van der Waals surface area contributed by atoms with Gasteiger partial charge in [0.15, 0.2) is 5.82 Å². The normalized spacial score (nSPS) is 11.1. The van der Waals surface area contributed by atoms with Crippen LogP contribution in [0.3, 0.4) is 0 Å². The molecule has 0 radical (unpaired) electrons. The van der Waals surface area contributed by atoms with Crippen molar-refractivity contribution in [1.82, 2.24) is 29.5 Å². The summed E-state index contributed by atoms with van der Waals surface area (Å²) in [6, 6.07) is 11.8. The molecule has 14 heteroatoms. The predicted molar refractivity (Wildman–Crippen MR) is 126 cm³/mol. The van der Waals surface area contributed by atoms with Gasteiger partial charge in [-0.1, -0.05) is 12.1 Å². The first-order chi connectivity index (χ1) is 17.6. The summed E-state index contributed by atoms with van der Waals surface area (Å²) in [6.07, 6.45) is 1.64. The number of carbonyl (C=O) groups is 4. The van der Waals surface area contributed by atoms with Gasteiger partial charge in [-0.2, -0.15) is 5.10 Å². The summed E-state index contributed by atoms with van der Waals surface area (Å²) < 4.78 is 1.48. The van der Waals surface area contributed by atoms with Crippen molar-refractivity contribution >= 4 is 23.9 Å². The lowest BCUT2D eigenvalue weighted by Gasteiger charge is -2.17. The fraction of sp³-hybridized carbons (Fsp3) is 0.261. The highest BCUT2D eigenvalue weighted by Crippen LogP contribution is 2.17. The molecule has 3 aromatic rings. The fourth-order valence-corrected chi connectivity index (χ4v) is 3.54. The van der Waals surface area contributed by atoms with E-state index in [1.807, 2.05) is 0 Å². The smallest absolute Gasteiger partial charge is 0.317 e. The van der Waals surface area contributed by atoms with Gasteiger partial charge in [0.25, 0.3) is 0 Å². The van der Waals surface area contributed by atoms with E-state index < -0.39 is 50.1 Å². The third-order valence-corrected chi connectivity index (χ3v) is 4.89. The molecular weight excluding hydrogens is 488 g/mol. The molecule has 0 bridgehead atoms. The minimum atomic E-state index is -1.15. The van der Waals surface area contributed by atoms with Crippen molar-refractivity contribution in [2.75, 3.05) is 26.2 Å². The Morgan fingerprint density at radius 1 is 0.649 bits per heavy atom. The van der Waals surface area contributed by atoms with Gasteiger partial charge in [0.05, 0.1) is 43.3 Å². The van der Waals surface area contributed by atoms with Crippen LogP contribution in [0.15, 0.2) is 48.7 Å². The first-order valence-corrected chi connectivity index (χ1v) is 10.9. The summed E-state index contributed by atoms with van der Waals surface area (Å²) in [6.45, 7) is -1.80. The number of hydrogen-bond donors (Lipinski definition) is 4. The molecule has 0 aliphatic heterocycles. The molecule has 0 fully saturated rings. The average Bonchev–Trinajstić information content (AvgIpc) is 3.28. The number of rotatable bonds is 14. The van der Waals surface area contributed by atoms with Crippen LogP contribution in [0.25, 0.3) is 17.2 Å². The van der Waals surface area contributed by atoms with Crippen molar-refractivity contribution in [3.63, 3.8) is 0 Å². The molecular formula is C23H24N6O8. The van der Waals surface area contributed by atoms with Crippen LogP contribution in [0.1, 0.15) is 11.4 Å². The lowest BCUT2D eigenvalue weighted by molar-refractivity contribution is -0.144. The largest absolute Gasteiger partial charge is 0.480 e. The Balaban J connectivity index is 1.78. The van der Waals surface area contributed by atoms with Crippen LogP contribution >= 0.6 is 0 Å². The van der Waals surface area contributed by atoms with E-state index >= 15 is 0 Å². The van der Waals surface area contributed by atoms with Gasteiger partial charge in [0.1, 0.15) is 5.69 Å². The Morgan fingerprint density at radius 2 is 1.14 bits per heavy atom. The molecule has 37 heavy (non-hydrogen) atoms. The van der Waals surface area contributed by atoms with E-state index in [9.17, 15) is 19.2 Å². The van der Waals surface area contributed by atoms with Crippen LogP contribution in [-0.2, 0) is 32.3 Å². The summed E-state index contributed by atoms with van der Waals surface area (Å²) in [5, 5.41) is 40.6. The van der Waals surface area contributed by atoms with Crippen molar-refractivity contribution in [2.24, 2.45) is 0 Å². The van der Waals surface area contributed by atoms with E-state index in [1.54, 1.807) is 48.7 Å². The van der Waals surface area contributed by atoms with Gasteiger partial charge in [-0.3, -0.25) is 29.0 Å². The third kappa shape index (κ3) is 8.48. The van der Waals surface area contributed by atoms with Crippen LogP contribution in [-0.4, -0.2) is 100 Å². The molecule has 0 aliphatic carbocycles. The van der Waals surface area contributed by atoms with E-state index in [0.717, 1.165) is 0 Å². The Morgan fingerprint density at radius 3 is 1.65 bits per heavy atom. The Kier molecular flexibility index (Phi) is 8.96. The zero-order chi connectivity index (χ0) is 26.9. The molecule has 3 heterocycles. The monoisotopic (exact) mass is 512 g/mol. The molecule has 0 amide bonds. The second kappa shape index (κ2) is 12.3. The highest BCUT2D eigenvalue weighted by Gasteiger charge is 2.17. The lowest BCUT2D eigenvalue weighted by Crippen LogP contribution is -2.34. The SMILES string of the molecule is O=C(O)CN(CC(=O)O)Cc1cccc(-c2ccn(-c3cccc(CN(CC(=O)O)CC(=O)O)n3)n2)n1. The van der Waals surface area contributed by atoms with Gasteiger partial charge in [0.2, 0.25) is 0 Å². The molecule has 0 saturated heterocycles. The van der Waals surface area contributed by atoms with E-state index in [4.69, 9.17) is 20.4 Å². The molecule has 14 nitrogen and oxygen atoms in total. The molecule has 4 N–H and O–H groups in total. The van der Waals surface area contributed by atoms with E-state index in [0.29, 0.717) is 28.6 Å². The number of aromatic nitrogens is 4.